The van der Waals surface area contributed by atoms with Gasteiger partial charge >= 0.3 is 12.0 Å². The smallest absolute Gasteiger partial charge is 0.323 e. The third kappa shape index (κ3) is 2.13. The average Bonchev–Trinajstić information content (AvgIpc) is 3.01. The van der Waals surface area contributed by atoms with Crippen LogP contribution in [0.25, 0.3) is 0 Å². The zero-order chi connectivity index (χ0) is 15.9. The number of rotatable bonds is 2. The average molecular weight is 308 g/mol. The second-order valence-corrected chi connectivity index (χ2v) is 5.68. The van der Waals surface area contributed by atoms with Gasteiger partial charge in [0.2, 0.25) is 5.82 Å². The Morgan fingerprint density at radius 2 is 2.32 bits per heavy atom. The molecule has 2 saturated heterocycles. The Hall–Kier alpha value is -2.42. The van der Waals surface area contributed by atoms with Gasteiger partial charge in [-0.05, 0) is 0 Å². The molecule has 1 aromatic heterocycles. The fourth-order valence-electron chi connectivity index (χ4n) is 2.96. The number of amides is 2. The minimum Gasteiger partial charge on any atom is -0.481 e. The second-order valence-electron chi connectivity index (χ2n) is 5.68. The Balaban J connectivity index is 1.76. The first-order chi connectivity index (χ1) is 10.4. The predicted octanol–water partition coefficient (Wildman–Crippen LogP) is -0.655. The van der Waals surface area contributed by atoms with Crippen LogP contribution in [0, 0.1) is 11.3 Å². The molecule has 2 aliphatic rings. The van der Waals surface area contributed by atoms with Crippen LogP contribution in [0.4, 0.5) is 10.6 Å². The summed E-state index contributed by atoms with van der Waals surface area (Å²) in [5, 5.41) is 11.9. The van der Waals surface area contributed by atoms with Crippen molar-refractivity contribution in [1.29, 1.82) is 0 Å². The number of aliphatic carboxylic acids is 1. The van der Waals surface area contributed by atoms with Crippen LogP contribution in [0.15, 0.2) is 17.2 Å². The van der Waals surface area contributed by atoms with Crippen molar-refractivity contribution in [2.75, 3.05) is 31.6 Å². The normalized spacial score (nSPS) is 26.8. The molecule has 2 N–H and O–H groups in total. The summed E-state index contributed by atoms with van der Waals surface area (Å²) in [6.07, 6.45) is 2.89. The van der Waals surface area contributed by atoms with Crippen LogP contribution in [0.2, 0.25) is 0 Å². The molecule has 0 aromatic carbocycles. The zero-order valence-electron chi connectivity index (χ0n) is 12.0. The SMILES string of the molecule is Cn1ccnc(NC(=O)N2C[C@@H]3COC[C@]3(C(=O)O)C2)c1=O. The molecule has 3 rings (SSSR count). The molecule has 2 aliphatic heterocycles. The van der Waals surface area contributed by atoms with Crippen molar-refractivity contribution >= 4 is 17.8 Å². The van der Waals surface area contributed by atoms with Gasteiger partial charge in [0.05, 0.1) is 13.2 Å². The third-order valence-corrected chi connectivity index (χ3v) is 4.33. The van der Waals surface area contributed by atoms with E-state index in [1.54, 1.807) is 7.05 Å². The Morgan fingerprint density at radius 3 is 3.00 bits per heavy atom. The number of aryl methyl sites for hydroxylation is 1. The molecule has 0 spiro atoms. The monoisotopic (exact) mass is 308 g/mol. The highest BCUT2D eigenvalue weighted by Crippen LogP contribution is 2.41. The summed E-state index contributed by atoms with van der Waals surface area (Å²) in [6.45, 7) is 0.765. The van der Waals surface area contributed by atoms with Crippen molar-refractivity contribution in [3.63, 3.8) is 0 Å². The summed E-state index contributed by atoms with van der Waals surface area (Å²) in [7, 11) is 1.55. The molecule has 1 aromatic rings. The summed E-state index contributed by atoms with van der Waals surface area (Å²) >= 11 is 0. The molecular formula is C13H16N4O5. The van der Waals surface area contributed by atoms with E-state index in [1.807, 2.05) is 0 Å². The molecular weight excluding hydrogens is 292 g/mol. The summed E-state index contributed by atoms with van der Waals surface area (Å²) < 4.78 is 6.55. The van der Waals surface area contributed by atoms with Crippen molar-refractivity contribution in [3.05, 3.63) is 22.7 Å². The first-order valence-corrected chi connectivity index (χ1v) is 6.83. The number of nitrogens with one attached hydrogen (secondary N) is 1. The molecule has 9 nitrogen and oxygen atoms in total. The highest BCUT2D eigenvalue weighted by atomic mass is 16.5. The number of urea groups is 1. The van der Waals surface area contributed by atoms with Gasteiger partial charge in [-0.15, -0.1) is 0 Å². The standard InChI is InChI=1S/C13H16N4O5/c1-16-3-2-14-9(10(16)18)15-12(21)17-4-8-5-22-7-13(8,6-17)11(19)20/h2-3,8H,4-7H2,1H3,(H,19,20)(H,14,15,21)/t8-,13-/m1/s1. The maximum atomic E-state index is 12.3. The van der Waals surface area contributed by atoms with Crippen LogP contribution in [-0.4, -0.2) is 57.9 Å². The van der Waals surface area contributed by atoms with Crippen LogP contribution >= 0.6 is 0 Å². The van der Waals surface area contributed by atoms with Crippen LogP contribution < -0.4 is 10.9 Å². The van der Waals surface area contributed by atoms with Gasteiger partial charge in [-0.3, -0.25) is 14.9 Å². The number of ether oxygens (including phenoxy) is 1. The number of fused-ring (bicyclic) bond motifs is 1. The number of carboxylic acid groups (broad SMARTS) is 1. The molecule has 22 heavy (non-hydrogen) atoms. The number of anilines is 1. The number of hydrogen-bond acceptors (Lipinski definition) is 5. The van der Waals surface area contributed by atoms with Gasteiger partial charge in [-0.1, -0.05) is 0 Å². The fourth-order valence-corrected chi connectivity index (χ4v) is 2.96. The number of nitrogens with zero attached hydrogens (tertiary/aromatic N) is 3. The molecule has 0 aliphatic carbocycles. The molecule has 2 amide bonds. The minimum atomic E-state index is -1.05. The maximum Gasteiger partial charge on any atom is 0.323 e. The molecule has 0 radical (unpaired) electrons. The van der Waals surface area contributed by atoms with Crippen molar-refractivity contribution in [2.45, 2.75) is 0 Å². The first kappa shape index (κ1) is 14.5. The summed E-state index contributed by atoms with van der Waals surface area (Å²) in [5.74, 6) is -1.27. The molecule has 0 saturated carbocycles. The summed E-state index contributed by atoms with van der Waals surface area (Å²) in [6, 6.07) is -0.522. The number of aromatic nitrogens is 2. The summed E-state index contributed by atoms with van der Waals surface area (Å²) in [4.78, 5) is 40.9. The largest absolute Gasteiger partial charge is 0.481 e. The van der Waals surface area contributed by atoms with E-state index < -0.39 is 23.0 Å². The number of carboxylic acids is 1. The molecule has 9 heteroatoms. The van der Waals surface area contributed by atoms with Crippen LogP contribution in [0.3, 0.4) is 0 Å². The number of likely N-dealkylation sites (tertiary alicyclic amines) is 1. The first-order valence-electron chi connectivity index (χ1n) is 6.83. The molecule has 0 bridgehead atoms. The van der Waals surface area contributed by atoms with Gasteiger partial charge in [0, 0.05) is 38.4 Å². The lowest BCUT2D eigenvalue weighted by Gasteiger charge is -2.21. The third-order valence-electron chi connectivity index (χ3n) is 4.33. The van der Waals surface area contributed by atoms with Gasteiger partial charge < -0.3 is 19.3 Å². The Labute approximate surface area is 125 Å². The van der Waals surface area contributed by atoms with Gasteiger partial charge in [-0.25, -0.2) is 9.78 Å². The lowest BCUT2D eigenvalue weighted by Crippen LogP contribution is -2.41. The molecule has 118 valence electrons. The van der Waals surface area contributed by atoms with E-state index in [0.717, 1.165) is 0 Å². The highest BCUT2D eigenvalue weighted by molar-refractivity contribution is 5.89. The topological polar surface area (TPSA) is 114 Å². The second kappa shape index (κ2) is 5.09. The maximum absolute atomic E-state index is 12.3. The van der Waals surface area contributed by atoms with E-state index in [4.69, 9.17) is 4.74 Å². The lowest BCUT2D eigenvalue weighted by atomic mass is 9.81. The van der Waals surface area contributed by atoms with Crippen molar-refractivity contribution < 1.29 is 19.4 Å². The molecule has 0 unspecified atom stereocenters. The Kier molecular flexibility index (Phi) is 3.36. The van der Waals surface area contributed by atoms with E-state index in [9.17, 15) is 19.5 Å². The summed E-state index contributed by atoms with van der Waals surface area (Å²) in [5.41, 5.74) is -1.47. The van der Waals surface area contributed by atoms with Gasteiger partial charge in [-0.2, -0.15) is 0 Å². The minimum absolute atomic E-state index is 0.0615. The molecule has 3 heterocycles. The highest BCUT2D eigenvalue weighted by Gasteiger charge is 2.57. The lowest BCUT2D eigenvalue weighted by molar-refractivity contribution is -0.149. The Morgan fingerprint density at radius 1 is 1.55 bits per heavy atom. The van der Waals surface area contributed by atoms with E-state index in [0.29, 0.717) is 6.61 Å². The number of carbonyl (C=O) groups excluding carboxylic acids is 1. The van der Waals surface area contributed by atoms with Crippen LogP contribution in [0.1, 0.15) is 0 Å². The van der Waals surface area contributed by atoms with E-state index in [2.05, 4.69) is 10.3 Å². The van der Waals surface area contributed by atoms with E-state index in [-0.39, 0.29) is 31.4 Å². The quantitative estimate of drug-likeness (QED) is 0.750. The molecule has 2 atom stereocenters. The van der Waals surface area contributed by atoms with E-state index in [1.165, 1.54) is 21.9 Å². The van der Waals surface area contributed by atoms with Gasteiger partial charge in [0.1, 0.15) is 5.41 Å². The van der Waals surface area contributed by atoms with Crippen LogP contribution in [0.5, 0.6) is 0 Å². The van der Waals surface area contributed by atoms with Gasteiger partial charge in [0.25, 0.3) is 5.56 Å². The number of carbonyl (C=O) groups is 2. The van der Waals surface area contributed by atoms with Crippen molar-refractivity contribution in [1.82, 2.24) is 14.5 Å². The molecule has 2 fully saturated rings. The predicted molar refractivity (Wildman–Crippen MR) is 74.4 cm³/mol. The van der Waals surface area contributed by atoms with Crippen molar-refractivity contribution in [2.24, 2.45) is 18.4 Å². The Bertz CT molecular complexity index is 687. The van der Waals surface area contributed by atoms with E-state index >= 15 is 0 Å². The van der Waals surface area contributed by atoms with Crippen LogP contribution in [-0.2, 0) is 16.6 Å². The van der Waals surface area contributed by atoms with Gasteiger partial charge in [0.15, 0.2) is 0 Å². The van der Waals surface area contributed by atoms with Crippen molar-refractivity contribution in [3.8, 4) is 0 Å². The number of hydrogen-bond donors (Lipinski definition) is 2. The fraction of sp³-hybridized carbons (Fsp3) is 0.538. The zero-order valence-corrected chi connectivity index (χ0v) is 12.0.